The molecule has 0 saturated heterocycles. The zero-order valence-electron chi connectivity index (χ0n) is 16.0. The van der Waals surface area contributed by atoms with Crippen molar-refractivity contribution < 1.29 is 0 Å². The van der Waals surface area contributed by atoms with E-state index < -0.39 is 0 Å². The second kappa shape index (κ2) is 6.38. The van der Waals surface area contributed by atoms with Gasteiger partial charge < -0.3 is 0 Å². The van der Waals surface area contributed by atoms with Crippen LogP contribution in [0.3, 0.4) is 0 Å². The Morgan fingerprint density at radius 3 is 2.09 bits per heavy atom. The molecule has 0 aromatic rings. The maximum Gasteiger partial charge on any atom is -0.0320 e. The maximum atomic E-state index is 2.58. The van der Waals surface area contributed by atoms with Gasteiger partial charge in [0.15, 0.2) is 0 Å². The summed E-state index contributed by atoms with van der Waals surface area (Å²) in [6.45, 7) is 7.71. The summed E-state index contributed by atoms with van der Waals surface area (Å²) in [5.74, 6) is 7.52. The molecule has 0 aromatic carbocycles. The van der Waals surface area contributed by atoms with Gasteiger partial charge in [0.05, 0.1) is 0 Å². The third-order valence-corrected chi connectivity index (χ3v) is 9.02. The molecule has 4 aliphatic carbocycles. The molecule has 4 rings (SSSR count). The van der Waals surface area contributed by atoms with Gasteiger partial charge in [-0.3, -0.25) is 0 Å². The van der Waals surface area contributed by atoms with E-state index in [2.05, 4.69) is 20.8 Å². The van der Waals surface area contributed by atoms with Gasteiger partial charge in [-0.05, 0) is 91.8 Å². The van der Waals surface area contributed by atoms with Crippen LogP contribution in [0.4, 0.5) is 0 Å². The molecule has 132 valence electrons. The monoisotopic (exact) mass is 316 g/mol. The Bertz CT molecular complexity index is 408. The van der Waals surface area contributed by atoms with Gasteiger partial charge in [-0.2, -0.15) is 0 Å². The lowest BCUT2D eigenvalue weighted by Gasteiger charge is -2.45. The molecule has 0 heteroatoms. The van der Waals surface area contributed by atoms with Crippen LogP contribution in [0.1, 0.15) is 97.8 Å². The van der Waals surface area contributed by atoms with Gasteiger partial charge >= 0.3 is 0 Å². The van der Waals surface area contributed by atoms with Crippen LogP contribution in [0.5, 0.6) is 0 Å². The Kier molecular flexibility index (Phi) is 4.57. The molecule has 6 unspecified atom stereocenters. The minimum Gasteiger partial charge on any atom is -0.0622 e. The summed E-state index contributed by atoms with van der Waals surface area (Å²) < 4.78 is 0. The highest BCUT2D eigenvalue weighted by molar-refractivity contribution is 4.99. The molecule has 4 fully saturated rings. The minimum atomic E-state index is 0.627. The van der Waals surface area contributed by atoms with Gasteiger partial charge in [-0.1, -0.05) is 52.9 Å². The summed E-state index contributed by atoms with van der Waals surface area (Å²) in [6.07, 6.45) is 18.7. The molecule has 0 N–H and O–H groups in total. The molecule has 0 aromatic heterocycles. The Hall–Kier alpha value is 0. The van der Waals surface area contributed by atoms with E-state index >= 15 is 0 Å². The van der Waals surface area contributed by atoms with Gasteiger partial charge in [0.25, 0.3) is 0 Å². The van der Waals surface area contributed by atoms with Crippen molar-refractivity contribution in [3.63, 3.8) is 0 Å². The Morgan fingerprint density at radius 1 is 0.652 bits per heavy atom. The second-order valence-electron chi connectivity index (χ2n) is 10.7. The van der Waals surface area contributed by atoms with Gasteiger partial charge in [0, 0.05) is 0 Å². The fourth-order valence-electron chi connectivity index (χ4n) is 7.88. The summed E-state index contributed by atoms with van der Waals surface area (Å²) in [5.41, 5.74) is 0.627. The summed E-state index contributed by atoms with van der Waals surface area (Å²) in [6, 6.07) is 0. The first kappa shape index (κ1) is 16.5. The molecule has 0 heterocycles. The van der Waals surface area contributed by atoms with Crippen LogP contribution in [0.15, 0.2) is 0 Å². The van der Waals surface area contributed by atoms with Crippen molar-refractivity contribution in [3.8, 4) is 0 Å². The van der Waals surface area contributed by atoms with Crippen LogP contribution in [0.2, 0.25) is 0 Å². The zero-order valence-corrected chi connectivity index (χ0v) is 16.0. The molecule has 4 aliphatic rings. The molecule has 0 radical (unpaired) electrons. The van der Waals surface area contributed by atoms with Crippen LogP contribution >= 0.6 is 0 Å². The molecule has 0 aliphatic heterocycles. The van der Waals surface area contributed by atoms with Crippen molar-refractivity contribution in [2.75, 3.05) is 0 Å². The van der Waals surface area contributed by atoms with Gasteiger partial charge in [-0.25, -0.2) is 0 Å². The lowest BCUT2D eigenvalue weighted by molar-refractivity contribution is 0.0514. The third-order valence-electron chi connectivity index (χ3n) is 9.02. The Labute approximate surface area is 145 Å². The van der Waals surface area contributed by atoms with Crippen molar-refractivity contribution in [3.05, 3.63) is 0 Å². The lowest BCUT2D eigenvalue weighted by atomic mass is 9.60. The van der Waals surface area contributed by atoms with Crippen molar-refractivity contribution in [1.29, 1.82) is 0 Å². The highest BCUT2D eigenvalue weighted by atomic mass is 14.5. The van der Waals surface area contributed by atoms with Crippen molar-refractivity contribution in [2.45, 2.75) is 97.8 Å². The molecule has 23 heavy (non-hydrogen) atoms. The van der Waals surface area contributed by atoms with Gasteiger partial charge in [0.2, 0.25) is 0 Å². The van der Waals surface area contributed by atoms with E-state index in [1.165, 1.54) is 25.7 Å². The quantitative estimate of drug-likeness (QED) is 0.485. The Morgan fingerprint density at radius 2 is 1.26 bits per heavy atom. The first-order valence-corrected chi connectivity index (χ1v) is 11.0. The van der Waals surface area contributed by atoms with Gasteiger partial charge in [0.1, 0.15) is 0 Å². The lowest BCUT2D eigenvalue weighted by Crippen LogP contribution is -2.35. The topological polar surface area (TPSA) is 0 Å². The highest BCUT2D eigenvalue weighted by Gasteiger charge is 2.49. The number of fused-ring (bicyclic) bond motifs is 2. The molecule has 4 saturated carbocycles. The van der Waals surface area contributed by atoms with Crippen LogP contribution < -0.4 is 0 Å². The summed E-state index contributed by atoms with van der Waals surface area (Å²) in [7, 11) is 0. The predicted octanol–water partition coefficient (Wildman–Crippen LogP) is 7.08. The van der Waals surface area contributed by atoms with Crippen molar-refractivity contribution >= 4 is 0 Å². The molecular weight excluding hydrogens is 276 g/mol. The normalized spacial score (nSPS) is 50.0. The average Bonchev–Trinajstić information content (AvgIpc) is 2.71. The van der Waals surface area contributed by atoms with E-state index in [0.29, 0.717) is 5.41 Å². The fraction of sp³-hybridized carbons (Fsp3) is 1.00. The molecule has 0 spiro atoms. The average molecular weight is 317 g/mol. The molecular formula is C23H40. The SMILES string of the molecule is CC1CC(C)(C)[C@H]2CC(C3CCC4CCCCCC4C3)CCC12. The molecule has 0 nitrogen and oxygen atoms in total. The molecule has 0 bridgehead atoms. The van der Waals surface area contributed by atoms with Crippen LogP contribution in [0.25, 0.3) is 0 Å². The second-order valence-corrected chi connectivity index (χ2v) is 10.7. The zero-order chi connectivity index (χ0) is 16.0. The van der Waals surface area contributed by atoms with E-state index in [0.717, 1.165) is 41.4 Å². The van der Waals surface area contributed by atoms with Gasteiger partial charge in [-0.15, -0.1) is 0 Å². The van der Waals surface area contributed by atoms with E-state index in [1.54, 1.807) is 51.4 Å². The summed E-state index contributed by atoms with van der Waals surface area (Å²) in [5, 5.41) is 0. The van der Waals surface area contributed by atoms with E-state index in [-0.39, 0.29) is 0 Å². The summed E-state index contributed by atoms with van der Waals surface area (Å²) in [4.78, 5) is 0. The predicted molar refractivity (Wildman–Crippen MR) is 99.3 cm³/mol. The summed E-state index contributed by atoms with van der Waals surface area (Å²) >= 11 is 0. The van der Waals surface area contributed by atoms with E-state index in [1.807, 2.05) is 0 Å². The van der Waals surface area contributed by atoms with E-state index in [9.17, 15) is 0 Å². The minimum absolute atomic E-state index is 0.627. The van der Waals surface area contributed by atoms with Crippen molar-refractivity contribution in [2.24, 2.45) is 46.8 Å². The Balaban J connectivity index is 1.41. The first-order valence-electron chi connectivity index (χ1n) is 11.0. The van der Waals surface area contributed by atoms with Crippen molar-refractivity contribution in [1.82, 2.24) is 0 Å². The third kappa shape index (κ3) is 3.13. The van der Waals surface area contributed by atoms with Crippen LogP contribution in [-0.4, -0.2) is 0 Å². The standard InChI is InChI=1S/C23H40/c1-16-15-23(2,3)22-14-20(11-12-21(16)22)19-10-9-17-7-5-4-6-8-18(17)13-19/h16-22H,4-15H2,1-3H3/t16?,17?,18?,19?,20?,21?,22-/m0/s1. The number of hydrogen-bond donors (Lipinski definition) is 0. The highest BCUT2D eigenvalue weighted by Crippen LogP contribution is 2.59. The smallest absolute Gasteiger partial charge is 0.0320 e. The van der Waals surface area contributed by atoms with Crippen LogP contribution in [-0.2, 0) is 0 Å². The molecule has 0 amide bonds. The molecule has 7 atom stereocenters. The van der Waals surface area contributed by atoms with E-state index in [4.69, 9.17) is 0 Å². The fourth-order valence-corrected chi connectivity index (χ4v) is 7.88. The number of hydrogen-bond acceptors (Lipinski definition) is 0. The largest absolute Gasteiger partial charge is 0.0622 e. The van der Waals surface area contributed by atoms with Crippen LogP contribution in [0, 0.1) is 46.8 Å². The number of rotatable bonds is 1. The first-order chi connectivity index (χ1) is 11.0. The maximum absolute atomic E-state index is 2.58.